The first-order chi connectivity index (χ1) is 31.6. The summed E-state index contributed by atoms with van der Waals surface area (Å²) in [6.45, 7) is 2.65. The molecule has 0 aliphatic heterocycles. The normalized spacial score (nSPS) is 13.5. The van der Waals surface area contributed by atoms with E-state index < -0.39 is 57.6 Å². The summed E-state index contributed by atoms with van der Waals surface area (Å²) in [6.07, 6.45) is 52.3. The summed E-state index contributed by atoms with van der Waals surface area (Å²) in [5, 5.41) is 22.0. The van der Waals surface area contributed by atoms with Gasteiger partial charge in [0.05, 0.1) is 13.2 Å². The summed E-state index contributed by atoms with van der Waals surface area (Å²) >= 11 is 0. The molecule has 0 rings (SSSR count). The molecule has 0 spiro atoms. The third kappa shape index (κ3) is 48.5. The van der Waals surface area contributed by atoms with Gasteiger partial charge < -0.3 is 25.2 Å². The highest BCUT2D eigenvalue weighted by atomic mass is 31.2. The number of nitrogens with one attached hydrogen (secondary N) is 1. The van der Waals surface area contributed by atoms with Crippen LogP contribution in [0.1, 0.15) is 277 Å². The predicted molar refractivity (Wildman–Crippen MR) is 268 cm³/mol. The zero-order valence-corrected chi connectivity index (χ0v) is 43.0. The minimum Gasteiger partial charge on any atom is -0.480 e. The maximum Gasteiger partial charge on any atom is 0.472 e. The molecule has 384 valence electrons. The molecule has 3 atom stereocenters. The average molecular weight is 944 g/mol. The van der Waals surface area contributed by atoms with Crippen LogP contribution in [0.25, 0.3) is 0 Å². The molecule has 0 aromatic rings. The molecule has 0 fully saturated rings. The molecule has 1 amide bonds. The number of phosphoric acid groups is 1. The minimum absolute atomic E-state index is 0.152. The molecule has 0 saturated carbocycles. The summed E-state index contributed by atoms with van der Waals surface area (Å²) < 4.78 is 27.0. The van der Waals surface area contributed by atoms with Crippen LogP contribution in [0.3, 0.4) is 0 Å². The summed E-state index contributed by atoms with van der Waals surface area (Å²) in [5.74, 6) is -2.35. The Labute approximate surface area is 398 Å². The number of carbonyl (C=O) groups is 3. The van der Waals surface area contributed by atoms with Crippen LogP contribution >= 0.6 is 7.82 Å². The number of phosphoric ester groups is 1. The van der Waals surface area contributed by atoms with Crippen LogP contribution in [0.5, 0.6) is 0 Å². The molecule has 0 radical (unpaired) electrons. The van der Waals surface area contributed by atoms with Gasteiger partial charge in [-0.1, -0.05) is 238 Å². The van der Waals surface area contributed by atoms with Crippen molar-refractivity contribution in [1.29, 1.82) is 0 Å². The van der Waals surface area contributed by atoms with Crippen LogP contribution in [-0.4, -0.2) is 64.9 Å². The largest absolute Gasteiger partial charge is 0.480 e. The van der Waals surface area contributed by atoms with Crippen LogP contribution in [0.4, 0.5) is 0 Å². The fraction of sp³-hybridized carbons (Fsp3) is 0.906. The van der Waals surface area contributed by atoms with E-state index in [4.69, 9.17) is 13.8 Å². The maximum absolute atomic E-state index is 12.4. The van der Waals surface area contributed by atoms with Gasteiger partial charge in [-0.05, 0) is 38.5 Å². The molecule has 65 heavy (non-hydrogen) atoms. The Kier molecular flexibility index (Phi) is 47.3. The van der Waals surface area contributed by atoms with Gasteiger partial charge >= 0.3 is 19.8 Å². The molecule has 11 nitrogen and oxygen atoms in total. The van der Waals surface area contributed by atoms with E-state index in [2.05, 4.69) is 31.3 Å². The van der Waals surface area contributed by atoms with Gasteiger partial charge in [0, 0.05) is 12.8 Å². The Morgan fingerprint density at radius 3 is 1.17 bits per heavy atom. The van der Waals surface area contributed by atoms with Crippen LogP contribution in [0.15, 0.2) is 12.2 Å². The van der Waals surface area contributed by atoms with Crippen LogP contribution in [-0.2, 0) is 32.7 Å². The van der Waals surface area contributed by atoms with Gasteiger partial charge in [0.15, 0.2) is 6.04 Å². The Bertz CT molecular complexity index is 1150. The first-order valence-electron chi connectivity index (χ1n) is 27.2. The van der Waals surface area contributed by atoms with Gasteiger partial charge in [-0.3, -0.25) is 18.6 Å². The van der Waals surface area contributed by atoms with E-state index in [0.717, 1.165) is 38.5 Å². The van der Waals surface area contributed by atoms with Crippen molar-refractivity contribution in [1.82, 2.24) is 5.32 Å². The van der Waals surface area contributed by atoms with Crippen molar-refractivity contribution >= 4 is 25.7 Å². The molecule has 12 heteroatoms. The van der Waals surface area contributed by atoms with E-state index >= 15 is 0 Å². The number of aliphatic hydroxyl groups excluding tert-OH is 1. The second kappa shape index (κ2) is 48.7. The Hall–Kier alpha value is -1.78. The number of aliphatic carboxylic acids is 1. The van der Waals surface area contributed by atoms with Gasteiger partial charge in [-0.2, -0.15) is 0 Å². The Morgan fingerprint density at radius 2 is 0.800 bits per heavy atom. The van der Waals surface area contributed by atoms with Gasteiger partial charge in [0.25, 0.3) is 0 Å². The second-order valence-corrected chi connectivity index (χ2v) is 20.2. The third-order valence-corrected chi connectivity index (χ3v) is 13.3. The number of carboxylic acids is 1. The predicted octanol–water partition coefficient (Wildman–Crippen LogP) is 15.2. The highest BCUT2D eigenvalue weighted by Gasteiger charge is 2.28. The average Bonchev–Trinajstić information content (AvgIpc) is 3.28. The molecule has 0 heterocycles. The topological polar surface area (TPSA) is 169 Å². The number of esters is 1. The Balaban J connectivity index is 3.77. The number of hydrogen-bond donors (Lipinski definition) is 4. The maximum atomic E-state index is 12.4. The molecule has 0 bridgehead atoms. The molecule has 0 aliphatic rings. The van der Waals surface area contributed by atoms with Gasteiger partial charge in [0.1, 0.15) is 12.7 Å². The van der Waals surface area contributed by atoms with Gasteiger partial charge in [-0.15, -0.1) is 0 Å². The molecule has 0 aromatic heterocycles. The lowest BCUT2D eigenvalue weighted by Gasteiger charge is -2.18. The van der Waals surface area contributed by atoms with Gasteiger partial charge in [0.2, 0.25) is 5.91 Å². The van der Waals surface area contributed by atoms with Crippen molar-refractivity contribution in [2.75, 3.05) is 19.8 Å². The zero-order chi connectivity index (χ0) is 47.7. The number of allylic oxidation sites excluding steroid dienone is 2. The van der Waals surface area contributed by atoms with E-state index in [0.29, 0.717) is 12.8 Å². The number of unbranched alkanes of at least 4 members (excludes halogenated alkanes) is 36. The molecular formula is C53H102NO10P. The van der Waals surface area contributed by atoms with Crippen molar-refractivity contribution < 1.29 is 47.8 Å². The van der Waals surface area contributed by atoms with E-state index in [1.807, 2.05) is 0 Å². The molecule has 0 aliphatic carbocycles. The zero-order valence-electron chi connectivity index (χ0n) is 42.1. The van der Waals surface area contributed by atoms with Crippen molar-refractivity contribution in [3.63, 3.8) is 0 Å². The molecular weight excluding hydrogens is 842 g/mol. The number of amides is 1. The number of hydrogen-bond acceptors (Lipinski definition) is 8. The smallest absolute Gasteiger partial charge is 0.472 e. The second-order valence-electron chi connectivity index (χ2n) is 18.8. The first-order valence-corrected chi connectivity index (χ1v) is 28.7. The molecule has 3 unspecified atom stereocenters. The first kappa shape index (κ1) is 63.2. The van der Waals surface area contributed by atoms with Gasteiger partial charge in [-0.25, -0.2) is 9.36 Å². The fourth-order valence-corrected chi connectivity index (χ4v) is 8.85. The quantitative estimate of drug-likeness (QED) is 0.0199. The lowest BCUT2D eigenvalue weighted by Crippen LogP contribution is -2.43. The van der Waals surface area contributed by atoms with E-state index in [1.54, 1.807) is 0 Å². The van der Waals surface area contributed by atoms with Crippen molar-refractivity contribution in [2.45, 2.75) is 289 Å². The summed E-state index contributed by atoms with van der Waals surface area (Å²) in [6, 6.07) is -1.54. The van der Waals surface area contributed by atoms with Crippen LogP contribution in [0.2, 0.25) is 0 Å². The van der Waals surface area contributed by atoms with E-state index in [-0.39, 0.29) is 12.8 Å². The highest BCUT2D eigenvalue weighted by Crippen LogP contribution is 2.43. The minimum atomic E-state index is -4.76. The summed E-state index contributed by atoms with van der Waals surface area (Å²) in [4.78, 5) is 46.2. The summed E-state index contributed by atoms with van der Waals surface area (Å²) in [7, 11) is -4.76. The number of aliphatic hydroxyl groups is 1. The molecule has 0 saturated heterocycles. The molecule has 4 N–H and O–H groups in total. The standard InChI is InChI=1S/C53H102NO10P/c1-3-5-7-9-11-13-15-17-19-21-23-24-25-27-28-30-32-34-36-38-40-42-44-51(56)54-50(53(58)59)48-64-65(60,61)63-47-49(55)46-62-52(57)45-43-41-39-37-35-33-31-29-26-22-20-18-16-14-12-10-8-6-4-2/h18,20,49-50,55H,3-17,19,21-48H2,1-2H3,(H,54,56)(H,58,59)(H,60,61)/b20-18+. The van der Waals surface area contributed by atoms with Crippen molar-refractivity contribution in [3.8, 4) is 0 Å². The number of carboxylic acid groups (broad SMARTS) is 1. The van der Waals surface area contributed by atoms with E-state index in [1.165, 1.54) is 199 Å². The number of carbonyl (C=O) groups excluding carboxylic acids is 2. The van der Waals surface area contributed by atoms with Crippen molar-refractivity contribution in [2.24, 2.45) is 0 Å². The SMILES string of the molecule is CCCCCCCC/C=C/CCCCCCCCCCCC(=O)OCC(O)COP(=O)(O)OCC(NC(=O)CCCCCCCCCCCCCCCCCCCCCCCC)C(=O)O. The monoisotopic (exact) mass is 944 g/mol. The van der Waals surface area contributed by atoms with Crippen molar-refractivity contribution in [3.05, 3.63) is 12.2 Å². The Morgan fingerprint density at radius 1 is 0.477 bits per heavy atom. The fourth-order valence-electron chi connectivity index (χ4n) is 8.08. The third-order valence-electron chi connectivity index (χ3n) is 12.3. The van der Waals surface area contributed by atoms with E-state index in [9.17, 15) is 34.1 Å². The molecule has 0 aromatic carbocycles. The van der Waals surface area contributed by atoms with Crippen LogP contribution in [0, 0.1) is 0 Å². The highest BCUT2D eigenvalue weighted by molar-refractivity contribution is 7.47. The number of ether oxygens (including phenoxy) is 1. The number of rotatable bonds is 52. The summed E-state index contributed by atoms with van der Waals surface area (Å²) in [5.41, 5.74) is 0. The van der Waals surface area contributed by atoms with Crippen LogP contribution < -0.4 is 5.32 Å². The lowest BCUT2D eigenvalue weighted by atomic mass is 10.0. The lowest BCUT2D eigenvalue weighted by molar-refractivity contribution is -0.147.